The second kappa shape index (κ2) is 4.77. The number of carbonyl (C=O) groups is 1. The molecule has 0 aliphatic rings. The topological polar surface area (TPSA) is 34.9 Å². The molecule has 1 aromatic carbocycles. The molecule has 2 rings (SSSR count). The molecule has 0 unspecified atom stereocenters. The zero-order valence-corrected chi connectivity index (χ0v) is 11.3. The van der Waals surface area contributed by atoms with Crippen molar-refractivity contribution < 1.29 is 4.79 Å². The maximum atomic E-state index is 11.2. The van der Waals surface area contributed by atoms with E-state index in [4.69, 9.17) is 0 Å². The summed E-state index contributed by atoms with van der Waals surface area (Å²) in [4.78, 5) is 11.2. The summed E-state index contributed by atoms with van der Waals surface area (Å²) < 4.78 is 1.97. The first-order chi connectivity index (χ1) is 8.58. The number of hydrogen-bond donors (Lipinski definition) is 0. The van der Waals surface area contributed by atoms with Gasteiger partial charge >= 0.3 is 0 Å². The zero-order valence-electron chi connectivity index (χ0n) is 11.3. The van der Waals surface area contributed by atoms with E-state index in [9.17, 15) is 4.79 Å². The van der Waals surface area contributed by atoms with E-state index in [1.807, 2.05) is 30.7 Å². The van der Waals surface area contributed by atoms with Crippen LogP contribution in [0.1, 0.15) is 34.2 Å². The zero-order chi connectivity index (χ0) is 13.3. The van der Waals surface area contributed by atoms with Crippen LogP contribution in [0.4, 0.5) is 0 Å². The molecule has 1 heterocycles. The van der Waals surface area contributed by atoms with Crippen LogP contribution in [0, 0.1) is 20.8 Å². The maximum absolute atomic E-state index is 11.2. The van der Waals surface area contributed by atoms with E-state index < -0.39 is 0 Å². The van der Waals surface area contributed by atoms with Gasteiger partial charge in [0, 0.05) is 23.4 Å². The molecule has 0 saturated heterocycles. The molecule has 0 spiro atoms. The molecule has 0 radical (unpaired) electrons. The average Bonchev–Trinajstić information content (AvgIpc) is 2.64. The van der Waals surface area contributed by atoms with E-state index in [2.05, 4.69) is 25.0 Å². The average molecular weight is 242 g/mol. The van der Waals surface area contributed by atoms with Crippen LogP contribution in [0.5, 0.6) is 0 Å². The van der Waals surface area contributed by atoms with E-state index in [0.29, 0.717) is 0 Å². The Morgan fingerprint density at radius 1 is 1.28 bits per heavy atom. The predicted molar refractivity (Wildman–Crippen MR) is 72.9 cm³/mol. The van der Waals surface area contributed by atoms with Gasteiger partial charge in [-0.05, 0) is 33.3 Å². The molecule has 0 bridgehead atoms. The minimum Gasteiger partial charge on any atom is -0.298 e. The predicted octanol–water partition coefficient (Wildman–Crippen LogP) is 3.31. The molecule has 3 nitrogen and oxygen atoms in total. The van der Waals surface area contributed by atoms with Gasteiger partial charge in [-0.15, -0.1) is 0 Å². The smallest absolute Gasteiger partial charge is 0.150 e. The quantitative estimate of drug-likeness (QED) is 0.774. The molecule has 0 fully saturated rings. The van der Waals surface area contributed by atoms with Crippen molar-refractivity contribution in [2.45, 2.75) is 34.2 Å². The Kier molecular flexibility index (Phi) is 3.32. The van der Waals surface area contributed by atoms with Crippen LogP contribution >= 0.6 is 0 Å². The molecule has 94 valence electrons. The normalized spacial score (nSPS) is 10.7. The van der Waals surface area contributed by atoms with Crippen molar-refractivity contribution in [1.29, 1.82) is 0 Å². The number of aryl methyl sites for hydroxylation is 3. The molecule has 18 heavy (non-hydrogen) atoms. The molecular formula is C15H18N2O. The summed E-state index contributed by atoms with van der Waals surface area (Å²) in [6.07, 6.45) is 0.914. The molecule has 0 aliphatic heterocycles. The highest BCUT2D eigenvalue weighted by molar-refractivity contribution is 5.89. The molecule has 0 aliphatic carbocycles. The summed E-state index contributed by atoms with van der Waals surface area (Å²) >= 11 is 0. The largest absolute Gasteiger partial charge is 0.298 e. The van der Waals surface area contributed by atoms with Crippen LogP contribution in [0.15, 0.2) is 18.2 Å². The molecular weight excluding hydrogens is 224 g/mol. The fourth-order valence-corrected chi connectivity index (χ4v) is 2.38. The summed E-state index contributed by atoms with van der Waals surface area (Å²) in [5, 5.41) is 4.51. The molecule has 3 heteroatoms. The second-order valence-electron chi connectivity index (χ2n) is 4.57. The van der Waals surface area contributed by atoms with Crippen LogP contribution in [0.3, 0.4) is 0 Å². The Morgan fingerprint density at radius 3 is 2.56 bits per heavy atom. The van der Waals surface area contributed by atoms with Crippen molar-refractivity contribution in [1.82, 2.24) is 9.78 Å². The Bertz CT molecular complexity index is 597. The van der Waals surface area contributed by atoms with Gasteiger partial charge in [0.05, 0.1) is 5.69 Å². The molecule has 0 saturated carbocycles. The van der Waals surface area contributed by atoms with Gasteiger partial charge in [-0.25, -0.2) is 0 Å². The lowest BCUT2D eigenvalue weighted by atomic mass is 9.97. The van der Waals surface area contributed by atoms with Gasteiger partial charge in [-0.3, -0.25) is 9.48 Å². The Hall–Kier alpha value is -1.90. The van der Waals surface area contributed by atoms with Gasteiger partial charge in [0.15, 0.2) is 6.29 Å². The van der Waals surface area contributed by atoms with Gasteiger partial charge in [-0.1, -0.05) is 23.8 Å². The standard InChI is InChI=1S/C15H18N2O/c1-5-17-12(4)15(11(3)16-17)14-8-10(2)6-7-13(14)9-18/h6-9H,5H2,1-4H3. The van der Waals surface area contributed by atoms with Crippen molar-refractivity contribution in [3.8, 4) is 11.1 Å². The monoisotopic (exact) mass is 242 g/mol. The lowest BCUT2D eigenvalue weighted by Gasteiger charge is -2.07. The number of carbonyl (C=O) groups excluding carboxylic acids is 1. The lowest BCUT2D eigenvalue weighted by Crippen LogP contribution is -1.99. The van der Waals surface area contributed by atoms with E-state index in [0.717, 1.165) is 46.5 Å². The number of hydrogen-bond acceptors (Lipinski definition) is 2. The highest BCUT2D eigenvalue weighted by Crippen LogP contribution is 2.30. The fourth-order valence-electron chi connectivity index (χ4n) is 2.38. The van der Waals surface area contributed by atoms with E-state index >= 15 is 0 Å². The van der Waals surface area contributed by atoms with Crippen molar-refractivity contribution in [2.75, 3.05) is 0 Å². The maximum Gasteiger partial charge on any atom is 0.150 e. The van der Waals surface area contributed by atoms with Crippen LogP contribution in [0.2, 0.25) is 0 Å². The van der Waals surface area contributed by atoms with Crippen LogP contribution in [-0.4, -0.2) is 16.1 Å². The Balaban J connectivity index is 2.72. The summed E-state index contributed by atoms with van der Waals surface area (Å²) in [6.45, 7) is 8.99. The van der Waals surface area contributed by atoms with Crippen molar-refractivity contribution in [3.63, 3.8) is 0 Å². The molecule has 2 aromatic rings. The Morgan fingerprint density at radius 2 is 2.00 bits per heavy atom. The van der Waals surface area contributed by atoms with Crippen LogP contribution < -0.4 is 0 Å². The van der Waals surface area contributed by atoms with Gasteiger partial charge in [-0.2, -0.15) is 5.10 Å². The van der Waals surface area contributed by atoms with Crippen molar-refractivity contribution in [3.05, 3.63) is 40.7 Å². The number of rotatable bonds is 3. The highest BCUT2D eigenvalue weighted by atomic mass is 16.1. The molecule has 0 N–H and O–H groups in total. The van der Waals surface area contributed by atoms with Crippen LogP contribution in [-0.2, 0) is 6.54 Å². The third-order valence-electron chi connectivity index (χ3n) is 3.29. The SMILES string of the molecule is CCn1nc(C)c(-c2cc(C)ccc2C=O)c1C. The fraction of sp³-hybridized carbons (Fsp3) is 0.333. The number of nitrogens with zero attached hydrogens (tertiary/aromatic N) is 2. The van der Waals surface area contributed by atoms with Gasteiger partial charge in [0.25, 0.3) is 0 Å². The third-order valence-corrected chi connectivity index (χ3v) is 3.29. The van der Waals surface area contributed by atoms with E-state index in [1.165, 1.54) is 0 Å². The summed E-state index contributed by atoms with van der Waals surface area (Å²) in [7, 11) is 0. The number of benzene rings is 1. The lowest BCUT2D eigenvalue weighted by molar-refractivity contribution is 0.112. The number of aromatic nitrogens is 2. The van der Waals surface area contributed by atoms with E-state index in [-0.39, 0.29) is 0 Å². The van der Waals surface area contributed by atoms with Crippen molar-refractivity contribution >= 4 is 6.29 Å². The number of aldehydes is 1. The first-order valence-corrected chi connectivity index (χ1v) is 6.18. The van der Waals surface area contributed by atoms with Gasteiger partial charge < -0.3 is 0 Å². The molecule has 0 atom stereocenters. The van der Waals surface area contributed by atoms with Crippen molar-refractivity contribution in [2.24, 2.45) is 0 Å². The summed E-state index contributed by atoms with van der Waals surface area (Å²) in [5.41, 5.74) is 6.04. The third kappa shape index (κ3) is 1.96. The second-order valence-corrected chi connectivity index (χ2v) is 4.57. The van der Waals surface area contributed by atoms with Gasteiger partial charge in [0.1, 0.15) is 0 Å². The first kappa shape index (κ1) is 12.6. The Labute approximate surface area is 107 Å². The molecule has 1 aromatic heterocycles. The summed E-state index contributed by atoms with van der Waals surface area (Å²) in [6, 6.07) is 5.89. The first-order valence-electron chi connectivity index (χ1n) is 6.18. The van der Waals surface area contributed by atoms with E-state index in [1.54, 1.807) is 0 Å². The van der Waals surface area contributed by atoms with Crippen LogP contribution in [0.25, 0.3) is 11.1 Å². The minimum absolute atomic E-state index is 0.724. The molecule has 0 amide bonds. The van der Waals surface area contributed by atoms with Gasteiger partial charge in [0.2, 0.25) is 0 Å². The minimum atomic E-state index is 0.724. The highest BCUT2D eigenvalue weighted by Gasteiger charge is 2.15. The summed E-state index contributed by atoms with van der Waals surface area (Å²) in [5.74, 6) is 0.